The molecule has 1 saturated heterocycles. The molecule has 6 nitrogen and oxygen atoms in total. The number of guanidine groups is 1. The minimum Gasteiger partial charge on any atom is -0.369 e. The van der Waals surface area contributed by atoms with E-state index in [1.165, 1.54) is 10.6 Å². The minimum atomic E-state index is 0.534. The number of hydrogen-bond donors (Lipinski definition) is 2. The highest BCUT2D eigenvalue weighted by Crippen LogP contribution is 2.29. The van der Waals surface area contributed by atoms with Crippen LogP contribution in [0.2, 0.25) is 5.02 Å². The lowest BCUT2D eigenvalue weighted by Gasteiger charge is -2.35. The summed E-state index contributed by atoms with van der Waals surface area (Å²) in [7, 11) is 2.17. The van der Waals surface area contributed by atoms with Crippen molar-refractivity contribution in [3.63, 3.8) is 0 Å². The van der Waals surface area contributed by atoms with Crippen LogP contribution in [0.15, 0.2) is 23.2 Å². The maximum Gasteiger partial charge on any atom is 0.191 e. The van der Waals surface area contributed by atoms with Crippen LogP contribution in [-0.4, -0.2) is 55.6 Å². The molecule has 0 unspecified atom stereocenters. The number of likely N-dealkylation sites (N-methyl/N-ethyl adjacent to an activating group) is 1. The number of piperazine rings is 1. The van der Waals surface area contributed by atoms with Crippen molar-refractivity contribution in [2.24, 2.45) is 4.99 Å². The Bertz CT molecular complexity index is 822. The number of halogens is 1. The topological polar surface area (TPSA) is 55.8 Å². The summed E-state index contributed by atoms with van der Waals surface area (Å²) >= 11 is 8.30. The van der Waals surface area contributed by atoms with Crippen LogP contribution < -0.4 is 15.5 Å². The Labute approximate surface area is 183 Å². The summed E-state index contributed by atoms with van der Waals surface area (Å²) in [5, 5.41) is 8.56. The van der Waals surface area contributed by atoms with Crippen LogP contribution in [0.5, 0.6) is 0 Å². The van der Waals surface area contributed by atoms with Crippen LogP contribution in [-0.2, 0) is 13.1 Å². The van der Waals surface area contributed by atoms with Gasteiger partial charge in [0.05, 0.1) is 18.8 Å². The third kappa shape index (κ3) is 5.84. The van der Waals surface area contributed by atoms with E-state index in [2.05, 4.69) is 52.4 Å². The third-order valence-electron chi connectivity index (χ3n) is 5.16. The van der Waals surface area contributed by atoms with Gasteiger partial charge in [-0.25, -0.2) is 9.98 Å². The van der Waals surface area contributed by atoms with Gasteiger partial charge < -0.3 is 20.4 Å². The number of rotatable bonds is 6. The molecule has 2 N–H and O–H groups in total. The summed E-state index contributed by atoms with van der Waals surface area (Å²) in [6.45, 7) is 12.4. The lowest BCUT2D eigenvalue weighted by Crippen LogP contribution is -2.44. The molecule has 1 fully saturated rings. The van der Waals surface area contributed by atoms with E-state index in [9.17, 15) is 0 Å². The van der Waals surface area contributed by atoms with Gasteiger partial charge in [-0.2, -0.15) is 0 Å². The Hall–Kier alpha value is -1.83. The average molecular weight is 435 g/mol. The maximum absolute atomic E-state index is 6.58. The molecule has 8 heteroatoms. The molecule has 0 radical (unpaired) electrons. The predicted octanol–water partition coefficient (Wildman–Crippen LogP) is 3.42. The number of nitrogens with zero attached hydrogens (tertiary/aromatic N) is 4. The zero-order chi connectivity index (χ0) is 20.8. The van der Waals surface area contributed by atoms with E-state index < -0.39 is 0 Å². The van der Waals surface area contributed by atoms with Crippen LogP contribution in [0, 0.1) is 13.8 Å². The first kappa shape index (κ1) is 21.9. The molecule has 0 amide bonds. The van der Waals surface area contributed by atoms with Crippen LogP contribution >= 0.6 is 22.9 Å². The maximum atomic E-state index is 6.58. The second kappa shape index (κ2) is 10.3. The molecule has 2 aromatic rings. The molecule has 0 atom stereocenters. The summed E-state index contributed by atoms with van der Waals surface area (Å²) in [5.74, 6) is 0.780. The SMILES string of the molecule is CCNC(=NCc1c(Cl)cccc1N1CCN(C)CC1)NCc1nc(C)c(C)s1. The molecule has 0 saturated carbocycles. The smallest absolute Gasteiger partial charge is 0.191 e. The Kier molecular flexibility index (Phi) is 7.75. The van der Waals surface area contributed by atoms with Crippen molar-refractivity contribution in [3.05, 3.63) is 44.4 Å². The Morgan fingerprint density at radius 3 is 2.62 bits per heavy atom. The normalized spacial score (nSPS) is 15.6. The van der Waals surface area contributed by atoms with Gasteiger partial charge >= 0.3 is 0 Å². The fourth-order valence-electron chi connectivity index (χ4n) is 3.32. The number of aryl methyl sites for hydroxylation is 2. The molecule has 1 aromatic heterocycles. The molecule has 2 heterocycles. The second-order valence-electron chi connectivity index (χ2n) is 7.33. The van der Waals surface area contributed by atoms with Crippen molar-refractivity contribution >= 4 is 34.6 Å². The molecular formula is C21H31ClN6S. The van der Waals surface area contributed by atoms with Crippen molar-refractivity contribution in [1.29, 1.82) is 0 Å². The molecule has 0 bridgehead atoms. The van der Waals surface area contributed by atoms with E-state index in [0.29, 0.717) is 13.1 Å². The molecule has 158 valence electrons. The summed E-state index contributed by atoms with van der Waals surface area (Å²) in [4.78, 5) is 15.4. The number of thiazole rings is 1. The number of benzene rings is 1. The zero-order valence-corrected chi connectivity index (χ0v) is 19.3. The van der Waals surface area contributed by atoms with Gasteiger partial charge in [0, 0.05) is 53.9 Å². The first-order valence-electron chi connectivity index (χ1n) is 10.1. The summed E-state index contributed by atoms with van der Waals surface area (Å²) in [6, 6.07) is 6.14. The highest BCUT2D eigenvalue weighted by atomic mass is 35.5. The van der Waals surface area contributed by atoms with Crippen molar-refractivity contribution in [3.8, 4) is 0 Å². The Morgan fingerprint density at radius 1 is 1.21 bits per heavy atom. The predicted molar refractivity (Wildman–Crippen MR) is 124 cm³/mol. The molecule has 0 aliphatic carbocycles. The van der Waals surface area contributed by atoms with Gasteiger partial charge in [-0.05, 0) is 40.0 Å². The average Bonchev–Trinajstić information content (AvgIpc) is 3.03. The zero-order valence-electron chi connectivity index (χ0n) is 17.8. The highest BCUT2D eigenvalue weighted by Gasteiger charge is 2.18. The van der Waals surface area contributed by atoms with Crippen molar-refractivity contribution < 1.29 is 0 Å². The van der Waals surface area contributed by atoms with Crippen molar-refractivity contribution in [2.75, 3.05) is 44.7 Å². The first-order valence-corrected chi connectivity index (χ1v) is 11.3. The molecule has 1 aliphatic heterocycles. The van der Waals surface area contributed by atoms with Crippen molar-refractivity contribution in [2.45, 2.75) is 33.9 Å². The number of anilines is 1. The highest BCUT2D eigenvalue weighted by molar-refractivity contribution is 7.11. The molecule has 29 heavy (non-hydrogen) atoms. The number of nitrogens with one attached hydrogen (secondary N) is 2. The Balaban J connectivity index is 1.73. The van der Waals surface area contributed by atoms with Gasteiger partial charge in [0.2, 0.25) is 0 Å². The van der Waals surface area contributed by atoms with Crippen LogP contribution in [0.3, 0.4) is 0 Å². The van der Waals surface area contributed by atoms with Crippen LogP contribution in [0.25, 0.3) is 0 Å². The molecular weight excluding hydrogens is 404 g/mol. The van der Waals surface area contributed by atoms with Crippen LogP contribution in [0.1, 0.15) is 28.1 Å². The summed E-state index contributed by atoms with van der Waals surface area (Å²) in [5.41, 5.74) is 3.37. The van der Waals surface area contributed by atoms with Gasteiger partial charge in [-0.15, -0.1) is 11.3 Å². The fourth-order valence-corrected chi connectivity index (χ4v) is 4.42. The fraction of sp³-hybridized carbons (Fsp3) is 0.524. The monoisotopic (exact) mass is 434 g/mol. The van der Waals surface area contributed by atoms with E-state index in [0.717, 1.165) is 60.0 Å². The van der Waals surface area contributed by atoms with Gasteiger partial charge in [-0.3, -0.25) is 0 Å². The first-order chi connectivity index (χ1) is 14.0. The van der Waals surface area contributed by atoms with E-state index in [-0.39, 0.29) is 0 Å². The second-order valence-corrected chi connectivity index (χ2v) is 9.02. The van der Waals surface area contributed by atoms with Gasteiger partial charge in [0.1, 0.15) is 5.01 Å². The summed E-state index contributed by atoms with van der Waals surface area (Å²) < 4.78 is 0. The Morgan fingerprint density at radius 2 is 1.97 bits per heavy atom. The standard InChI is InChI=1S/C21H31ClN6S/c1-5-23-21(25-14-20-26-15(2)16(3)29-20)24-13-17-18(22)7-6-8-19(17)28-11-9-27(4)10-12-28/h6-8H,5,9-14H2,1-4H3,(H2,23,24,25). The molecule has 1 aromatic carbocycles. The van der Waals surface area contributed by atoms with Crippen molar-refractivity contribution in [1.82, 2.24) is 20.5 Å². The molecule has 3 rings (SSSR count). The van der Waals surface area contributed by atoms with E-state index >= 15 is 0 Å². The minimum absolute atomic E-state index is 0.534. The molecule has 0 spiro atoms. The molecule has 1 aliphatic rings. The largest absolute Gasteiger partial charge is 0.369 e. The lowest BCUT2D eigenvalue weighted by atomic mass is 10.1. The lowest BCUT2D eigenvalue weighted by molar-refractivity contribution is 0.312. The third-order valence-corrected chi connectivity index (χ3v) is 6.58. The van der Waals surface area contributed by atoms with Gasteiger partial charge in [-0.1, -0.05) is 17.7 Å². The quantitative estimate of drug-likeness (QED) is 0.539. The van der Waals surface area contributed by atoms with Crippen LogP contribution in [0.4, 0.5) is 5.69 Å². The number of aliphatic imine (C=N–C) groups is 1. The number of aromatic nitrogens is 1. The summed E-state index contributed by atoms with van der Waals surface area (Å²) in [6.07, 6.45) is 0. The van der Waals surface area contributed by atoms with E-state index in [1.54, 1.807) is 11.3 Å². The number of hydrogen-bond acceptors (Lipinski definition) is 5. The van der Waals surface area contributed by atoms with E-state index in [4.69, 9.17) is 16.6 Å². The van der Waals surface area contributed by atoms with Gasteiger partial charge in [0.25, 0.3) is 0 Å². The van der Waals surface area contributed by atoms with E-state index in [1.807, 2.05) is 19.1 Å². The van der Waals surface area contributed by atoms with Gasteiger partial charge in [0.15, 0.2) is 5.96 Å².